The third kappa shape index (κ3) is 4.00. The summed E-state index contributed by atoms with van der Waals surface area (Å²) in [5.41, 5.74) is 2.11. The van der Waals surface area contributed by atoms with Gasteiger partial charge in [-0.25, -0.2) is 0 Å². The number of carbonyl (C=O) groups is 1. The van der Waals surface area contributed by atoms with Crippen LogP contribution in [0.3, 0.4) is 0 Å². The van der Waals surface area contributed by atoms with Crippen LogP contribution < -0.4 is 5.32 Å². The minimum Gasteiger partial charge on any atom is -0.468 e. The van der Waals surface area contributed by atoms with Gasteiger partial charge in [0.2, 0.25) is 0 Å². The van der Waals surface area contributed by atoms with Crippen LogP contribution in [-0.2, 0) is 16.1 Å². The summed E-state index contributed by atoms with van der Waals surface area (Å²) in [4.78, 5) is 11.6. The standard InChI is InChI=1S/C14H20ClNO2/c1-9(2)13(14(17)18-4)16-8-11-6-5-10(3)12(15)7-11/h5-7,9,13,16H,8H2,1-4H3/t13-/m0/s1. The summed E-state index contributed by atoms with van der Waals surface area (Å²) < 4.78 is 4.78. The van der Waals surface area contributed by atoms with Gasteiger partial charge in [-0.2, -0.15) is 0 Å². The van der Waals surface area contributed by atoms with Crippen molar-refractivity contribution in [2.24, 2.45) is 5.92 Å². The third-order valence-corrected chi connectivity index (χ3v) is 3.29. The van der Waals surface area contributed by atoms with Gasteiger partial charge in [-0.3, -0.25) is 4.79 Å². The molecule has 0 saturated carbocycles. The number of rotatable bonds is 5. The zero-order valence-corrected chi connectivity index (χ0v) is 12.0. The first-order valence-corrected chi connectivity index (χ1v) is 6.39. The molecule has 0 aliphatic rings. The number of methoxy groups -OCH3 is 1. The summed E-state index contributed by atoms with van der Waals surface area (Å²) in [6.45, 7) is 6.52. The first kappa shape index (κ1) is 15.0. The van der Waals surface area contributed by atoms with Gasteiger partial charge in [-0.1, -0.05) is 37.6 Å². The van der Waals surface area contributed by atoms with Crippen molar-refractivity contribution < 1.29 is 9.53 Å². The lowest BCUT2D eigenvalue weighted by molar-refractivity contribution is -0.144. The van der Waals surface area contributed by atoms with Gasteiger partial charge in [0.25, 0.3) is 0 Å². The number of hydrogen-bond donors (Lipinski definition) is 1. The molecule has 100 valence electrons. The second-order valence-electron chi connectivity index (χ2n) is 4.71. The van der Waals surface area contributed by atoms with Crippen LogP contribution >= 0.6 is 11.6 Å². The predicted octanol–water partition coefficient (Wildman–Crippen LogP) is 2.94. The molecule has 0 bridgehead atoms. The molecule has 1 rings (SSSR count). The van der Waals surface area contributed by atoms with E-state index in [0.29, 0.717) is 6.54 Å². The predicted molar refractivity (Wildman–Crippen MR) is 73.7 cm³/mol. The van der Waals surface area contributed by atoms with Crippen molar-refractivity contribution in [1.82, 2.24) is 5.32 Å². The maximum atomic E-state index is 11.6. The van der Waals surface area contributed by atoms with Gasteiger partial charge < -0.3 is 10.1 Å². The molecule has 1 aromatic rings. The van der Waals surface area contributed by atoms with E-state index in [9.17, 15) is 4.79 Å². The van der Waals surface area contributed by atoms with Gasteiger partial charge in [0.1, 0.15) is 6.04 Å². The van der Waals surface area contributed by atoms with E-state index >= 15 is 0 Å². The van der Waals surface area contributed by atoms with Crippen LogP contribution in [0.4, 0.5) is 0 Å². The van der Waals surface area contributed by atoms with E-state index in [0.717, 1.165) is 16.1 Å². The number of ether oxygens (including phenoxy) is 1. The zero-order chi connectivity index (χ0) is 13.7. The van der Waals surface area contributed by atoms with Gasteiger partial charge in [0.05, 0.1) is 7.11 Å². The van der Waals surface area contributed by atoms with E-state index in [1.165, 1.54) is 7.11 Å². The average Bonchev–Trinajstić information content (AvgIpc) is 2.33. The van der Waals surface area contributed by atoms with E-state index < -0.39 is 0 Å². The number of aryl methyl sites for hydroxylation is 1. The van der Waals surface area contributed by atoms with Gasteiger partial charge >= 0.3 is 5.97 Å². The summed E-state index contributed by atoms with van der Waals surface area (Å²) in [7, 11) is 1.40. The fourth-order valence-corrected chi connectivity index (χ4v) is 1.90. The SMILES string of the molecule is COC(=O)[C@@H](NCc1ccc(C)c(Cl)c1)C(C)C. The summed E-state index contributed by atoms with van der Waals surface area (Å²) >= 11 is 6.06. The fraction of sp³-hybridized carbons (Fsp3) is 0.500. The first-order valence-electron chi connectivity index (χ1n) is 6.02. The summed E-state index contributed by atoms with van der Waals surface area (Å²) in [6.07, 6.45) is 0. The molecule has 18 heavy (non-hydrogen) atoms. The van der Waals surface area contributed by atoms with Crippen molar-refractivity contribution in [3.63, 3.8) is 0 Å². The highest BCUT2D eigenvalue weighted by Gasteiger charge is 2.21. The normalized spacial score (nSPS) is 12.6. The molecule has 0 aromatic heterocycles. The Hall–Kier alpha value is -1.06. The van der Waals surface area contributed by atoms with Crippen molar-refractivity contribution >= 4 is 17.6 Å². The van der Waals surface area contributed by atoms with Crippen molar-refractivity contribution in [3.8, 4) is 0 Å². The molecule has 0 amide bonds. The Morgan fingerprint density at radius 1 is 1.44 bits per heavy atom. The number of nitrogens with one attached hydrogen (secondary N) is 1. The Labute approximate surface area is 113 Å². The molecule has 0 unspecified atom stereocenters. The number of carbonyl (C=O) groups excluding carboxylic acids is 1. The molecule has 0 aliphatic carbocycles. The summed E-state index contributed by atoms with van der Waals surface area (Å²) in [5.74, 6) is -0.0541. The second kappa shape index (κ2) is 6.76. The van der Waals surface area contributed by atoms with Crippen LogP contribution in [-0.4, -0.2) is 19.1 Å². The highest BCUT2D eigenvalue weighted by molar-refractivity contribution is 6.31. The zero-order valence-electron chi connectivity index (χ0n) is 11.3. The molecular weight excluding hydrogens is 250 g/mol. The molecule has 1 atom stereocenters. The maximum Gasteiger partial charge on any atom is 0.323 e. The monoisotopic (exact) mass is 269 g/mol. The highest BCUT2D eigenvalue weighted by Crippen LogP contribution is 2.17. The molecular formula is C14H20ClNO2. The molecule has 0 saturated heterocycles. The molecule has 0 spiro atoms. The van der Waals surface area contributed by atoms with Gasteiger partial charge in [0.15, 0.2) is 0 Å². The van der Waals surface area contributed by atoms with Crippen LogP contribution in [0.2, 0.25) is 5.02 Å². The Bertz CT molecular complexity index is 418. The van der Waals surface area contributed by atoms with E-state index in [1.807, 2.05) is 39.0 Å². The highest BCUT2D eigenvalue weighted by atomic mass is 35.5. The molecule has 0 aliphatic heterocycles. The van der Waals surface area contributed by atoms with E-state index in [1.54, 1.807) is 0 Å². The largest absolute Gasteiger partial charge is 0.468 e. The third-order valence-electron chi connectivity index (χ3n) is 2.88. The minimum atomic E-state index is -0.296. The Balaban J connectivity index is 2.67. The maximum absolute atomic E-state index is 11.6. The minimum absolute atomic E-state index is 0.179. The Morgan fingerprint density at radius 2 is 2.11 bits per heavy atom. The number of hydrogen-bond acceptors (Lipinski definition) is 3. The number of halogens is 1. The second-order valence-corrected chi connectivity index (χ2v) is 5.12. The first-order chi connectivity index (χ1) is 8.45. The summed E-state index contributed by atoms with van der Waals surface area (Å²) in [5, 5.41) is 3.94. The molecule has 1 N–H and O–H groups in total. The van der Waals surface area contributed by atoms with Crippen molar-refractivity contribution in [2.45, 2.75) is 33.4 Å². The molecule has 0 fully saturated rings. The van der Waals surface area contributed by atoms with E-state index in [2.05, 4.69) is 5.32 Å². The van der Waals surface area contributed by atoms with Crippen molar-refractivity contribution in [1.29, 1.82) is 0 Å². The van der Waals surface area contributed by atoms with Crippen molar-refractivity contribution in [2.75, 3.05) is 7.11 Å². The van der Waals surface area contributed by atoms with Crippen LogP contribution in [0.25, 0.3) is 0 Å². The molecule has 0 heterocycles. The fourth-order valence-electron chi connectivity index (χ4n) is 1.69. The van der Waals surface area contributed by atoms with Crippen LogP contribution in [0, 0.1) is 12.8 Å². The molecule has 4 heteroatoms. The van der Waals surface area contributed by atoms with Gasteiger partial charge in [-0.05, 0) is 30.0 Å². The molecule has 3 nitrogen and oxygen atoms in total. The molecule has 0 radical (unpaired) electrons. The lowest BCUT2D eigenvalue weighted by Gasteiger charge is -2.20. The lowest BCUT2D eigenvalue weighted by atomic mass is 10.0. The summed E-state index contributed by atoms with van der Waals surface area (Å²) in [6, 6.07) is 5.60. The van der Waals surface area contributed by atoms with Gasteiger partial charge in [-0.15, -0.1) is 0 Å². The van der Waals surface area contributed by atoms with Crippen LogP contribution in [0.1, 0.15) is 25.0 Å². The quantitative estimate of drug-likeness (QED) is 0.836. The van der Waals surface area contributed by atoms with E-state index in [4.69, 9.17) is 16.3 Å². The van der Waals surface area contributed by atoms with Crippen LogP contribution in [0.15, 0.2) is 18.2 Å². The average molecular weight is 270 g/mol. The number of esters is 1. The smallest absolute Gasteiger partial charge is 0.323 e. The lowest BCUT2D eigenvalue weighted by Crippen LogP contribution is -2.41. The Kier molecular flexibility index (Phi) is 5.63. The molecule has 1 aromatic carbocycles. The van der Waals surface area contributed by atoms with Crippen LogP contribution in [0.5, 0.6) is 0 Å². The number of benzene rings is 1. The Morgan fingerprint density at radius 3 is 2.61 bits per heavy atom. The topological polar surface area (TPSA) is 38.3 Å². The van der Waals surface area contributed by atoms with Crippen molar-refractivity contribution in [3.05, 3.63) is 34.3 Å². The van der Waals surface area contributed by atoms with Gasteiger partial charge in [0, 0.05) is 11.6 Å². The van der Waals surface area contributed by atoms with E-state index in [-0.39, 0.29) is 17.9 Å².